The van der Waals surface area contributed by atoms with Gasteiger partial charge in [0.1, 0.15) is 4.87 Å². The molecule has 0 aliphatic rings. The minimum absolute atomic E-state index is 0.667. The van der Waals surface area contributed by atoms with Crippen LogP contribution in [-0.4, -0.2) is 26.4 Å². The van der Waals surface area contributed by atoms with Crippen molar-refractivity contribution in [3.05, 3.63) is 107 Å². The maximum Gasteiger partial charge on any atom is 0.121 e. The molecule has 0 amide bonds. The number of aliphatic hydroxyl groups is 1. The van der Waals surface area contributed by atoms with Crippen LogP contribution in [0.4, 0.5) is 0 Å². The predicted octanol–water partition coefficient (Wildman–Crippen LogP) is 6.77. The minimum atomic E-state index is -0.791. The molecule has 0 atom stereocenters. The lowest BCUT2D eigenvalue weighted by molar-refractivity contribution is 0.277. The molecule has 0 saturated carbocycles. The second kappa shape index (κ2) is 15.1. The zero-order valence-electron chi connectivity index (χ0n) is 17.2. The number of aliphatic hydroxyl groups excluding tert-OH is 1. The van der Waals surface area contributed by atoms with Crippen LogP contribution in [0.25, 0.3) is 0 Å². The molecule has 0 unspecified atom stereocenters. The highest BCUT2D eigenvalue weighted by Gasteiger charge is 2.35. The van der Waals surface area contributed by atoms with E-state index in [1.165, 1.54) is 0 Å². The van der Waals surface area contributed by atoms with E-state index in [1.807, 2.05) is 98.8 Å². The molecule has 152 valence electrons. The maximum atomic E-state index is 7.14. The van der Waals surface area contributed by atoms with Gasteiger partial charge >= 0.3 is 0 Å². The van der Waals surface area contributed by atoms with Crippen LogP contribution in [0.5, 0.6) is 0 Å². The molecule has 0 aliphatic heterocycles. The molecule has 0 aliphatic carbocycles. The normalized spacial score (nSPS) is 9.57. The van der Waals surface area contributed by atoms with Crippen LogP contribution in [0.1, 0.15) is 30.5 Å². The van der Waals surface area contributed by atoms with E-state index in [-0.39, 0.29) is 0 Å². The molecule has 0 aromatic heterocycles. The monoisotopic (exact) mass is 420 g/mol. The third kappa shape index (κ3) is 6.96. The SMILES string of the molecule is CC.CO.COC.Clc1ccccc1C(Cl)(c1ccccc1)c1ccccc1. The fraction of sp³-hybridized carbons (Fsp3) is 0.250. The maximum absolute atomic E-state index is 7.14. The molecular formula is C24H30Cl2O2. The zero-order chi connectivity index (χ0) is 21.4. The molecular weight excluding hydrogens is 391 g/mol. The summed E-state index contributed by atoms with van der Waals surface area (Å²) in [5, 5.41) is 7.67. The summed E-state index contributed by atoms with van der Waals surface area (Å²) in [5.41, 5.74) is 2.91. The Morgan fingerprint density at radius 3 is 1.36 bits per heavy atom. The lowest BCUT2D eigenvalue weighted by Crippen LogP contribution is -2.22. The van der Waals surface area contributed by atoms with Crippen LogP contribution < -0.4 is 0 Å². The first-order chi connectivity index (χ1) is 13.6. The van der Waals surface area contributed by atoms with Crippen molar-refractivity contribution < 1.29 is 9.84 Å². The smallest absolute Gasteiger partial charge is 0.121 e. The first kappa shape index (κ1) is 26.2. The molecule has 0 saturated heterocycles. The molecule has 0 radical (unpaired) electrons. The molecule has 0 spiro atoms. The van der Waals surface area contributed by atoms with Crippen molar-refractivity contribution in [3.8, 4) is 0 Å². The minimum Gasteiger partial charge on any atom is -0.400 e. The summed E-state index contributed by atoms with van der Waals surface area (Å²) in [6.45, 7) is 4.00. The van der Waals surface area contributed by atoms with Gasteiger partial charge in [-0.25, -0.2) is 0 Å². The number of alkyl halides is 1. The number of halogens is 2. The van der Waals surface area contributed by atoms with Crippen molar-refractivity contribution in [1.82, 2.24) is 0 Å². The van der Waals surface area contributed by atoms with E-state index in [2.05, 4.69) is 4.74 Å². The summed E-state index contributed by atoms with van der Waals surface area (Å²) in [4.78, 5) is -0.791. The van der Waals surface area contributed by atoms with Crippen LogP contribution in [0, 0.1) is 0 Å². The van der Waals surface area contributed by atoms with Gasteiger partial charge in [0, 0.05) is 31.9 Å². The first-order valence-corrected chi connectivity index (χ1v) is 9.80. The summed E-state index contributed by atoms with van der Waals surface area (Å²) < 4.78 is 4.25. The molecule has 0 heterocycles. The summed E-state index contributed by atoms with van der Waals surface area (Å²) >= 11 is 13.6. The Morgan fingerprint density at radius 1 is 0.679 bits per heavy atom. The van der Waals surface area contributed by atoms with E-state index in [1.54, 1.807) is 14.2 Å². The Balaban J connectivity index is 0.000000930. The van der Waals surface area contributed by atoms with E-state index in [4.69, 9.17) is 28.3 Å². The fourth-order valence-corrected chi connectivity index (χ4v) is 3.30. The van der Waals surface area contributed by atoms with E-state index >= 15 is 0 Å². The van der Waals surface area contributed by atoms with Gasteiger partial charge in [-0.15, -0.1) is 11.6 Å². The zero-order valence-corrected chi connectivity index (χ0v) is 18.7. The third-order valence-electron chi connectivity index (χ3n) is 3.59. The van der Waals surface area contributed by atoms with Gasteiger partial charge in [0.2, 0.25) is 0 Å². The highest BCUT2D eigenvalue weighted by atomic mass is 35.5. The van der Waals surface area contributed by atoms with E-state index < -0.39 is 4.87 Å². The molecule has 4 heteroatoms. The third-order valence-corrected chi connectivity index (χ3v) is 4.56. The summed E-state index contributed by atoms with van der Waals surface area (Å²) in [6.07, 6.45) is 0. The number of rotatable bonds is 3. The number of methoxy groups -OCH3 is 1. The van der Waals surface area contributed by atoms with Crippen molar-refractivity contribution in [2.75, 3.05) is 21.3 Å². The highest BCUT2D eigenvalue weighted by molar-refractivity contribution is 6.34. The topological polar surface area (TPSA) is 29.5 Å². The largest absolute Gasteiger partial charge is 0.400 e. The second-order valence-electron chi connectivity index (χ2n) is 5.28. The highest BCUT2D eigenvalue weighted by Crippen LogP contribution is 2.45. The van der Waals surface area contributed by atoms with Crippen LogP contribution in [0.15, 0.2) is 84.9 Å². The van der Waals surface area contributed by atoms with E-state index in [0.717, 1.165) is 23.8 Å². The Labute approximate surface area is 179 Å². The predicted molar refractivity (Wildman–Crippen MR) is 122 cm³/mol. The molecule has 2 nitrogen and oxygen atoms in total. The van der Waals surface area contributed by atoms with Crippen molar-refractivity contribution in [1.29, 1.82) is 0 Å². The van der Waals surface area contributed by atoms with Gasteiger partial charge in [-0.1, -0.05) is 104 Å². The number of hydrogen-bond donors (Lipinski definition) is 1. The Bertz CT molecular complexity index is 707. The van der Waals surface area contributed by atoms with Crippen molar-refractivity contribution >= 4 is 23.2 Å². The van der Waals surface area contributed by atoms with Gasteiger partial charge < -0.3 is 9.84 Å². The van der Waals surface area contributed by atoms with Gasteiger partial charge in [-0.2, -0.15) is 0 Å². The molecule has 3 aromatic rings. The molecule has 1 N–H and O–H groups in total. The Morgan fingerprint density at radius 2 is 1.00 bits per heavy atom. The quantitative estimate of drug-likeness (QED) is 0.374. The summed E-state index contributed by atoms with van der Waals surface area (Å²) in [6, 6.07) is 27.8. The van der Waals surface area contributed by atoms with Crippen molar-refractivity contribution in [2.24, 2.45) is 0 Å². The van der Waals surface area contributed by atoms with Gasteiger partial charge in [0.15, 0.2) is 0 Å². The lowest BCUT2D eigenvalue weighted by Gasteiger charge is -2.30. The standard InChI is InChI=1S/C19H14Cl2.C2H6O.C2H6.CH4O/c20-18-14-8-7-13-17(18)19(21,15-9-3-1-4-10-15)16-11-5-2-6-12-16;1-3-2;2*1-2/h1-14H;1-2H3;1-2H3;2H,1H3. The van der Waals surface area contributed by atoms with Crippen molar-refractivity contribution in [2.45, 2.75) is 18.7 Å². The molecule has 3 rings (SSSR count). The number of benzene rings is 3. The van der Waals surface area contributed by atoms with Gasteiger partial charge in [0.05, 0.1) is 0 Å². The van der Waals surface area contributed by atoms with Gasteiger partial charge in [0.25, 0.3) is 0 Å². The Hall–Kier alpha value is -1.84. The van der Waals surface area contributed by atoms with Crippen LogP contribution in [-0.2, 0) is 9.61 Å². The lowest BCUT2D eigenvalue weighted by atomic mass is 9.84. The van der Waals surface area contributed by atoms with Gasteiger partial charge in [-0.3, -0.25) is 0 Å². The molecule has 3 aromatic carbocycles. The first-order valence-electron chi connectivity index (χ1n) is 9.04. The van der Waals surface area contributed by atoms with Gasteiger partial charge in [-0.05, 0) is 17.2 Å². The molecule has 0 bridgehead atoms. The fourth-order valence-electron chi connectivity index (χ4n) is 2.55. The van der Waals surface area contributed by atoms with E-state index in [0.29, 0.717) is 5.02 Å². The second-order valence-corrected chi connectivity index (χ2v) is 6.25. The van der Waals surface area contributed by atoms with Crippen molar-refractivity contribution in [3.63, 3.8) is 0 Å². The summed E-state index contributed by atoms with van der Waals surface area (Å²) in [5.74, 6) is 0. The van der Waals surface area contributed by atoms with Crippen LogP contribution in [0.3, 0.4) is 0 Å². The summed E-state index contributed by atoms with van der Waals surface area (Å²) in [7, 11) is 4.25. The molecule has 0 fully saturated rings. The van der Waals surface area contributed by atoms with Crippen LogP contribution in [0.2, 0.25) is 5.02 Å². The number of hydrogen-bond acceptors (Lipinski definition) is 2. The average molecular weight is 421 g/mol. The van der Waals surface area contributed by atoms with E-state index in [9.17, 15) is 0 Å². The average Bonchev–Trinajstić information content (AvgIpc) is 2.78. The molecule has 28 heavy (non-hydrogen) atoms. The number of ether oxygens (including phenoxy) is 1. The van der Waals surface area contributed by atoms with Crippen LogP contribution >= 0.6 is 23.2 Å². The Kier molecular flexibility index (Phi) is 14.1.